The summed E-state index contributed by atoms with van der Waals surface area (Å²) < 4.78 is 49.5. The van der Waals surface area contributed by atoms with Gasteiger partial charge in [-0.1, -0.05) is 47.7 Å². The maximum absolute atomic E-state index is 12.7. The van der Waals surface area contributed by atoms with Crippen LogP contribution in [0.4, 0.5) is 13.2 Å². The Kier molecular flexibility index (Phi) is 6.95. The van der Waals surface area contributed by atoms with Crippen LogP contribution in [-0.2, 0) is 11.0 Å². The van der Waals surface area contributed by atoms with E-state index in [-0.39, 0.29) is 24.9 Å². The minimum Gasteiger partial charge on any atom is -0.490 e. The molecular formula is C20H15ClF3NO3S2. The zero-order chi connectivity index (χ0) is 21.9. The molecule has 2 aromatic rings. The number of carbonyl (C=O) groups excluding carboxylic acids is 1. The molecule has 0 unspecified atom stereocenters. The van der Waals surface area contributed by atoms with Gasteiger partial charge in [0.05, 0.1) is 15.5 Å². The summed E-state index contributed by atoms with van der Waals surface area (Å²) in [6.07, 6.45) is -2.74. The van der Waals surface area contributed by atoms with Gasteiger partial charge in [-0.15, -0.1) is 0 Å². The molecule has 4 nitrogen and oxygen atoms in total. The number of benzene rings is 2. The summed E-state index contributed by atoms with van der Waals surface area (Å²) in [7, 11) is 1.61. The lowest BCUT2D eigenvalue weighted by Gasteiger charge is -2.12. The van der Waals surface area contributed by atoms with Gasteiger partial charge in [-0.2, -0.15) is 13.2 Å². The van der Waals surface area contributed by atoms with Gasteiger partial charge in [-0.05, 0) is 42.0 Å². The van der Waals surface area contributed by atoms with E-state index in [1.807, 2.05) is 0 Å². The monoisotopic (exact) mass is 473 g/mol. The molecule has 10 heteroatoms. The second-order valence-corrected chi connectivity index (χ2v) is 8.24. The van der Waals surface area contributed by atoms with Crippen molar-refractivity contribution in [2.45, 2.75) is 6.18 Å². The van der Waals surface area contributed by atoms with Crippen LogP contribution >= 0.6 is 35.6 Å². The van der Waals surface area contributed by atoms with Crippen LogP contribution in [0.5, 0.6) is 11.5 Å². The molecule has 3 rings (SSSR count). The van der Waals surface area contributed by atoms with Crippen LogP contribution in [0.1, 0.15) is 11.1 Å². The number of nitrogens with zero attached hydrogens (tertiary/aromatic N) is 1. The third-order valence-electron chi connectivity index (χ3n) is 4.01. The van der Waals surface area contributed by atoms with Crippen molar-refractivity contribution in [1.29, 1.82) is 0 Å². The molecule has 0 bridgehead atoms. The highest BCUT2D eigenvalue weighted by Crippen LogP contribution is 2.33. The summed E-state index contributed by atoms with van der Waals surface area (Å²) >= 11 is 12.5. The van der Waals surface area contributed by atoms with E-state index in [0.29, 0.717) is 25.6 Å². The van der Waals surface area contributed by atoms with Crippen molar-refractivity contribution in [2.75, 3.05) is 20.3 Å². The number of hydrogen-bond acceptors (Lipinski definition) is 5. The number of thiocarbonyl (C=S) groups is 1. The van der Waals surface area contributed by atoms with E-state index in [1.54, 1.807) is 31.3 Å². The lowest BCUT2D eigenvalue weighted by molar-refractivity contribution is -0.137. The van der Waals surface area contributed by atoms with Gasteiger partial charge < -0.3 is 9.47 Å². The minimum atomic E-state index is -4.43. The maximum atomic E-state index is 12.7. The van der Waals surface area contributed by atoms with Gasteiger partial charge in [0.2, 0.25) is 0 Å². The molecule has 1 amide bonds. The van der Waals surface area contributed by atoms with Crippen LogP contribution in [0.2, 0.25) is 5.02 Å². The van der Waals surface area contributed by atoms with Gasteiger partial charge in [0, 0.05) is 7.05 Å². The van der Waals surface area contributed by atoms with Crippen molar-refractivity contribution >= 4 is 51.9 Å². The normalized spacial score (nSPS) is 15.8. The second kappa shape index (κ2) is 9.28. The fourth-order valence-electron chi connectivity index (χ4n) is 2.49. The van der Waals surface area contributed by atoms with Gasteiger partial charge in [0.25, 0.3) is 5.91 Å². The fraction of sp³-hybridized carbons (Fsp3) is 0.200. The molecule has 1 heterocycles. The molecule has 1 saturated heterocycles. The van der Waals surface area contributed by atoms with Crippen LogP contribution in [0, 0.1) is 0 Å². The van der Waals surface area contributed by atoms with Crippen LogP contribution in [0.15, 0.2) is 47.4 Å². The fourth-order valence-corrected chi connectivity index (χ4v) is 3.92. The van der Waals surface area contributed by atoms with Crippen molar-refractivity contribution in [3.63, 3.8) is 0 Å². The molecule has 30 heavy (non-hydrogen) atoms. The molecule has 0 aromatic heterocycles. The third-order valence-corrected chi connectivity index (χ3v) is 5.79. The first-order valence-electron chi connectivity index (χ1n) is 8.59. The predicted octanol–water partition coefficient (Wildman–Crippen LogP) is 5.65. The quantitative estimate of drug-likeness (QED) is 0.308. The third kappa shape index (κ3) is 5.47. The number of rotatable bonds is 6. The average molecular weight is 474 g/mol. The van der Waals surface area contributed by atoms with Crippen LogP contribution in [0.3, 0.4) is 0 Å². The standard InChI is InChI=1S/C20H15ClF3NO3S2/c1-25-18(26)17(30-19(25)29)10-12-5-6-16(15(21)9-12)28-8-7-27-14-4-2-3-13(11-14)20(22,23)24/h2-6,9-11H,7-8H2,1H3/b17-10-. The Morgan fingerprint density at radius 2 is 1.90 bits per heavy atom. The summed E-state index contributed by atoms with van der Waals surface area (Å²) in [5.74, 6) is 0.320. The molecule has 0 aliphatic carbocycles. The Labute approximate surface area is 185 Å². The lowest BCUT2D eigenvalue weighted by atomic mass is 10.2. The highest BCUT2D eigenvalue weighted by molar-refractivity contribution is 8.26. The SMILES string of the molecule is CN1C(=O)/C(=C/c2ccc(OCCOc3cccc(C(F)(F)F)c3)c(Cl)c2)SC1=S. The number of ether oxygens (including phenoxy) is 2. The smallest absolute Gasteiger partial charge is 0.416 e. The molecule has 2 aromatic carbocycles. The molecule has 0 N–H and O–H groups in total. The van der Waals surface area contributed by atoms with E-state index in [2.05, 4.69) is 0 Å². The molecular weight excluding hydrogens is 459 g/mol. The van der Waals surface area contributed by atoms with Crippen molar-refractivity contribution in [1.82, 2.24) is 4.90 Å². The summed E-state index contributed by atoms with van der Waals surface area (Å²) in [5, 5.41) is 0.329. The highest BCUT2D eigenvalue weighted by Gasteiger charge is 2.30. The number of halogens is 4. The zero-order valence-electron chi connectivity index (χ0n) is 15.5. The number of thioether (sulfide) groups is 1. The average Bonchev–Trinajstić information content (AvgIpc) is 2.93. The topological polar surface area (TPSA) is 38.8 Å². The first kappa shape index (κ1) is 22.5. The van der Waals surface area contributed by atoms with Crippen molar-refractivity contribution in [2.24, 2.45) is 0 Å². The van der Waals surface area contributed by atoms with E-state index < -0.39 is 11.7 Å². The zero-order valence-corrected chi connectivity index (χ0v) is 17.9. The van der Waals surface area contributed by atoms with E-state index in [9.17, 15) is 18.0 Å². The van der Waals surface area contributed by atoms with Crippen molar-refractivity contribution < 1.29 is 27.4 Å². The number of likely N-dealkylation sites (N-methyl/N-ethyl adjacent to an activating group) is 1. The number of hydrogen-bond donors (Lipinski definition) is 0. The first-order valence-corrected chi connectivity index (χ1v) is 10.2. The van der Waals surface area contributed by atoms with Gasteiger partial charge >= 0.3 is 6.18 Å². The maximum Gasteiger partial charge on any atom is 0.416 e. The Balaban J connectivity index is 1.56. The number of alkyl halides is 3. The lowest BCUT2D eigenvalue weighted by Crippen LogP contribution is -2.22. The van der Waals surface area contributed by atoms with Crippen molar-refractivity contribution in [3.05, 3.63) is 63.5 Å². The van der Waals surface area contributed by atoms with E-state index >= 15 is 0 Å². The van der Waals surface area contributed by atoms with Crippen LogP contribution in [-0.4, -0.2) is 35.4 Å². The largest absolute Gasteiger partial charge is 0.490 e. The van der Waals surface area contributed by atoms with E-state index in [0.717, 1.165) is 12.1 Å². The molecule has 0 radical (unpaired) electrons. The first-order chi connectivity index (χ1) is 14.1. The Hall–Kier alpha value is -2.23. The molecule has 0 atom stereocenters. The van der Waals surface area contributed by atoms with Gasteiger partial charge in [0.1, 0.15) is 29.0 Å². The summed E-state index contributed by atoms with van der Waals surface area (Å²) in [6, 6.07) is 9.65. The van der Waals surface area contributed by atoms with E-state index in [4.69, 9.17) is 33.3 Å². The molecule has 1 fully saturated rings. The van der Waals surface area contributed by atoms with Crippen LogP contribution in [0.25, 0.3) is 6.08 Å². The second-order valence-electron chi connectivity index (χ2n) is 6.15. The molecule has 0 saturated carbocycles. The minimum absolute atomic E-state index is 0.0400. The summed E-state index contributed by atoms with van der Waals surface area (Å²) in [4.78, 5) is 14.0. The molecule has 158 valence electrons. The number of carbonyl (C=O) groups is 1. The Morgan fingerprint density at radius 3 is 2.53 bits per heavy atom. The Morgan fingerprint density at radius 1 is 1.17 bits per heavy atom. The molecule has 1 aliphatic rings. The van der Waals surface area contributed by atoms with Gasteiger partial charge in [-0.3, -0.25) is 9.69 Å². The summed E-state index contributed by atoms with van der Waals surface area (Å²) in [6.45, 7) is 0.127. The van der Waals surface area contributed by atoms with Crippen LogP contribution < -0.4 is 9.47 Å². The van der Waals surface area contributed by atoms with Crippen molar-refractivity contribution in [3.8, 4) is 11.5 Å². The van der Waals surface area contributed by atoms with E-state index in [1.165, 1.54) is 28.8 Å². The number of amides is 1. The molecule has 1 aliphatic heterocycles. The van der Waals surface area contributed by atoms with Gasteiger partial charge in [-0.25, -0.2) is 0 Å². The predicted molar refractivity (Wildman–Crippen MR) is 115 cm³/mol. The van der Waals surface area contributed by atoms with Gasteiger partial charge in [0.15, 0.2) is 0 Å². The summed E-state index contributed by atoms with van der Waals surface area (Å²) in [5.41, 5.74) is -0.0685. The Bertz CT molecular complexity index is 1010. The molecule has 0 spiro atoms. The highest BCUT2D eigenvalue weighted by atomic mass is 35.5.